The average Bonchev–Trinajstić information content (AvgIpc) is 2.88. The first-order valence-electron chi connectivity index (χ1n) is 7.90. The van der Waals surface area contributed by atoms with E-state index in [0.717, 1.165) is 10.6 Å². The Morgan fingerprint density at radius 3 is 2.28 bits per heavy atom. The Bertz CT molecular complexity index is 754. The molecule has 7 nitrogen and oxygen atoms in total. The second-order valence-electron chi connectivity index (χ2n) is 5.10. The Labute approximate surface area is 150 Å². The van der Waals surface area contributed by atoms with Crippen molar-refractivity contribution in [1.82, 2.24) is 4.98 Å². The van der Waals surface area contributed by atoms with E-state index in [2.05, 4.69) is 15.6 Å². The van der Waals surface area contributed by atoms with Gasteiger partial charge in [0.1, 0.15) is 0 Å². The second-order valence-corrected chi connectivity index (χ2v) is 6.30. The maximum atomic E-state index is 12.1. The summed E-state index contributed by atoms with van der Waals surface area (Å²) in [4.78, 5) is 29.2. The molecule has 2 rings (SSSR count). The van der Waals surface area contributed by atoms with Gasteiger partial charge in [-0.3, -0.25) is 14.9 Å². The number of nitrogens with zero attached hydrogens (tertiary/aromatic N) is 1. The van der Waals surface area contributed by atoms with Crippen LogP contribution in [0.2, 0.25) is 0 Å². The molecule has 1 aromatic heterocycles. The van der Waals surface area contributed by atoms with E-state index in [1.165, 1.54) is 11.3 Å². The summed E-state index contributed by atoms with van der Waals surface area (Å²) in [5.74, 6) is -0.466. The van der Waals surface area contributed by atoms with Gasteiger partial charge >= 0.3 is 11.8 Å². The number of carbonyl (C=O) groups is 2. The normalized spacial score (nSPS) is 10.2. The van der Waals surface area contributed by atoms with Crippen molar-refractivity contribution in [2.24, 2.45) is 0 Å². The molecule has 0 atom stereocenters. The number of amides is 2. The number of nitrogens with one attached hydrogen (secondary N) is 2. The number of aromatic nitrogens is 1. The number of carbonyl (C=O) groups excluding carboxylic acids is 2. The second kappa shape index (κ2) is 8.48. The SMILES string of the molecule is CCOc1ccc(NC(=O)C(=O)Nc2nc(C)c(C)s2)cc1OCC. The summed E-state index contributed by atoms with van der Waals surface area (Å²) in [6, 6.07) is 4.96. The van der Waals surface area contributed by atoms with Crippen LogP contribution in [-0.4, -0.2) is 30.0 Å². The molecule has 0 radical (unpaired) electrons. The first-order valence-corrected chi connectivity index (χ1v) is 8.72. The smallest absolute Gasteiger partial charge is 0.315 e. The Morgan fingerprint density at radius 1 is 1.04 bits per heavy atom. The lowest BCUT2D eigenvalue weighted by molar-refractivity contribution is -0.133. The van der Waals surface area contributed by atoms with Gasteiger partial charge in [0.2, 0.25) is 0 Å². The highest BCUT2D eigenvalue weighted by molar-refractivity contribution is 7.15. The lowest BCUT2D eigenvalue weighted by Crippen LogP contribution is -2.29. The summed E-state index contributed by atoms with van der Waals surface area (Å²) >= 11 is 1.32. The molecule has 0 aliphatic heterocycles. The van der Waals surface area contributed by atoms with Crippen LogP contribution < -0.4 is 20.1 Å². The Morgan fingerprint density at radius 2 is 1.68 bits per heavy atom. The van der Waals surface area contributed by atoms with Crippen LogP contribution in [0.3, 0.4) is 0 Å². The van der Waals surface area contributed by atoms with Crippen LogP contribution in [0.4, 0.5) is 10.8 Å². The van der Waals surface area contributed by atoms with Crippen molar-refractivity contribution in [3.8, 4) is 11.5 Å². The highest BCUT2D eigenvalue weighted by Gasteiger charge is 2.17. The van der Waals surface area contributed by atoms with Crippen molar-refractivity contribution in [1.29, 1.82) is 0 Å². The molecule has 0 fully saturated rings. The molecule has 134 valence electrons. The third-order valence-electron chi connectivity index (χ3n) is 3.26. The zero-order chi connectivity index (χ0) is 18.4. The van der Waals surface area contributed by atoms with Crippen LogP contribution in [0.15, 0.2) is 18.2 Å². The standard InChI is InChI=1S/C17H21N3O4S/c1-5-23-13-8-7-12(9-14(13)24-6-2)19-15(21)16(22)20-17-18-10(3)11(4)25-17/h7-9H,5-6H2,1-4H3,(H,19,21)(H,18,20,22). The summed E-state index contributed by atoms with van der Waals surface area (Å²) in [7, 11) is 0. The highest BCUT2D eigenvalue weighted by Crippen LogP contribution is 2.30. The van der Waals surface area contributed by atoms with Gasteiger partial charge in [-0.15, -0.1) is 11.3 Å². The number of benzene rings is 1. The van der Waals surface area contributed by atoms with Crippen LogP contribution in [-0.2, 0) is 9.59 Å². The van der Waals surface area contributed by atoms with Crippen molar-refractivity contribution in [2.45, 2.75) is 27.7 Å². The van der Waals surface area contributed by atoms with Gasteiger partial charge in [-0.25, -0.2) is 4.98 Å². The summed E-state index contributed by atoms with van der Waals surface area (Å²) in [5.41, 5.74) is 1.27. The molecule has 0 bridgehead atoms. The molecule has 1 heterocycles. The molecule has 0 aliphatic rings. The third kappa shape index (κ3) is 4.93. The molecule has 8 heteroatoms. The maximum Gasteiger partial charge on any atom is 0.315 e. The monoisotopic (exact) mass is 363 g/mol. The minimum Gasteiger partial charge on any atom is -0.490 e. The zero-order valence-corrected chi connectivity index (χ0v) is 15.5. The molecular formula is C17H21N3O4S. The molecule has 1 aromatic carbocycles. The van der Waals surface area contributed by atoms with E-state index in [9.17, 15) is 9.59 Å². The fourth-order valence-corrected chi connectivity index (χ4v) is 2.81. The number of hydrogen-bond donors (Lipinski definition) is 2. The lowest BCUT2D eigenvalue weighted by atomic mass is 10.2. The van der Waals surface area contributed by atoms with E-state index < -0.39 is 11.8 Å². The van der Waals surface area contributed by atoms with Crippen molar-refractivity contribution < 1.29 is 19.1 Å². The predicted octanol–water partition coefficient (Wildman–Crippen LogP) is 3.13. The van der Waals surface area contributed by atoms with Crippen LogP contribution in [0.1, 0.15) is 24.4 Å². The predicted molar refractivity (Wildman–Crippen MR) is 97.6 cm³/mol. The number of thiazole rings is 1. The van der Waals surface area contributed by atoms with E-state index in [4.69, 9.17) is 9.47 Å². The fraction of sp³-hybridized carbons (Fsp3) is 0.353. The Hall–Kier alpha value is -2.61. The third-order valence-corrected chi connectivity index (χ3v) is 4.24. The molecular weight excluding hydrogens is 342 g/mol. The number of ether oxygens (including phenoxy) is 2. The fourth-order valence-electron chi connectivity index (χ4n) is 2.00. The van der Waals surface area contributed by atoms with Crippen LogP contribution in [0.25, 0.3) is 0 Å². The van der Waals surface area contributed by atoms with E-state index in [1.54, 1.807) is 18.2 Å². The summed E-state index contributed by atoms with van der Waals surface area (Å²) in [5, 5.41) is 5.44. The van der Waals surface area contributed by atoms with Crippen molar-refractivity contribution in [3.63, 3.8) is 0 Å². The van der Waals surface area contributed by atoms with Crippen LogP contribution >= 0.6 is 11.3 Å². The summed E-state index contributed by atoms with van der Waals surface area (Å²) in [6.45, 7) is 8.43. The van der Waals surface area contributed by atoms with Gasteiger partial charge in [0, 0.05) is 16.6 Å². The van der Waals surface area contributed by atoms with Gasteiger partial charge in [-0.1, -0.05) is 0 Å². The van der Waals surface area contributed by atoms with Gasteiger partial charge in [-0.05, 0) is 39.8 Å². The minimum absolute atomic E-state index is 0.400. The number of rotatable bonds is 6. The lowest BCUT2D eigenvalue weighted by Gasteiger charge is -2.12. The van der Waals surface area contributed by atoms with Gasteiger partial charge in [0.05, 0.1) is 18.9 Å². The van der Waals surface area contributed by atoms with Gasteiger partial charge in [-0.2, -0.15) is 0 Å². The number of hydrogen-bond acceptors (Lipinski definition) is 6. The molecule has 25 heavy (non-hydrogen) atoms. The van der Waals surface area contributed by atoms with Crippen molar-refractivity contribution in [3.05, 3.63) is 28.8 Å². The summed E-state index contributed by atoms with van der Waals surface area (Å²) < 4.78 is 11.0. The largest absolute Gasteiger partial charge is 0.490 e. The first-order chi connectivity index (χ1) is 11.9. The van der Waals surface area contributed by atoms with Gasteiger partial charge in [0.25, 0.3) is 0 Å². The minimum atomic E-state index is -0.780. The molecule has 2 N–H and O–H groups in total. The number of anilines is 2. The molecule has 2 aromatic rings. The molecule has 0 aliphatic carbocycles. The molecule has 2 amide bonds. The quantitative estimate of drug-likeness (QED) is 0.770. The van der Waals surface area contributed by atoms with Crippen molar-refractivity contribution in [2.75, 3.05) is 23.8 Å². The van der Waals surface area contributed by atoms with E-state index in [-0.39, 0.29) is 0 Å². The molecule has 0 unspecified atom stereocenters. The molecule has 0 spiro atoms. The average molecular weight is 363 g/mol. The van der Waals surface area contributed by atoms with E-state index >= 15 is 0 Å². The van der Waals surface area contributed by atoms with Gasteiger partial charge in [0.15, 0.2) is 16.6 Å². The topological polar surface area (TPSA) is 89.5 Å². The maximum absolute atomic E-state index is 12.1. The summed E-state index contributed by atoms with van der Waals surface area (Å²) in [6.07, 6.45) is 0. The highest BCUT2D eigenvalue weighted by atomic mass is 32.1. The number of aryl methyl sites for hydroxylation is 2. The van der Waals surface area contributed by atoms with E-state index in [0.29, 0.717) is 35.5 Å². The van der Waals surface area contributed by atoms with Crippen molar-refractivity contribution >= 4 is 34.0 Å². The molecule has 0 saturated carbocycles. The van der Waals surface area contributed by atoms with Crippen LogP contribution in [0, 0.1) is 13.8 Å². The first kappa shape index (κ1) is 18.7. The van der Waals surface area contributed by atoms with Crippen LogP contribution in [0.5, 0.6) is 11.5 Å². The zero-order valence-electron chi connectivity index (χ0n) is 14.6. The van der Waals surface area contributed by atoms with Gasteiger partial charge < -0.3 is 14.8 Å². The van der Waals surface area contributed by atoms with E-state index in [1.807, 2.05) is 27.7 Å². The Kier molecular flexibility index (Phi) is 6.35. The Balaban J connectivity index is 2.05. The molecule has 0 saturated heterocycles.